The zero-order valence-corrected chi connectivity index (χ0v) is 13.6. The fourth-order valence-corrected chi connectivity index (χ4v) is 3.89. The molecule has 0 saturated carbocycles. The summed E-state index contributed by atoms with van der Waals surface area (Å²) >= 11 is 14.2. The summed E-state index contributed by atoms with van der Waals surface area (Å²) in [5.41, 5.74) is 2.62. The number of hydrogen-bond acceptors (Lipinski definition) is 0. The largest absolute Gasteiger partial charge is 0.141 e. The van der Waals surface area contributed by atoms with Gasteiger partial charge in [-0.25, -0.2) is 0 Å². The molecule has 0 aliphatic carbocycles. The van der Waals surface area contributed by atoms with E-state index in [2.05, 4.69) is 78.5 Å². The van der Waals surface area contributed by atoms with Gasteiger partial charge in [-0.3, -0.25) is 0 Å². The molecule has 0 saturated heterocycles. The van der Waals surface area contributed by atoms with Gasteiger partial charge in [0.1, 0.15) is 7.85 Å². The van der Waals surface area contributed by atoms with E-state index in [1.165, 1.54) is 11.0 Å². The molecule has 1 aromatic carbocycles. The molecule has 0 nitrogen and oxygen atoms in total. The van der Waals surface area contributed by atoms with Crippen LogP contribution in [0.25, 0.3) is 0 Å². The summed E-state index contributed by atoms with van der Waals surface area (Å²) in [5.74, 6) is 0. The summed E-state index contributed by atoms with van der Waals surface area (Å²) < 4.78 is 4.40. The van der Waals surface area contributed by atoms with Crippen LogP contribution >= 0.6 is 63.7 Å². The van der Waals surface area contributed by atoms with Crippen LogP contribution in [0.5, 0.6) is 0 Å². The van der Waals surface area contributed by atoms with Gasteiger partial charge in [-0.15, -0.1) is 0 Å². The van der Waals surface area contributed by atoms with Crippen molar-refractivity contribution in [1.29, 1.82) is 0 Å². The summed E-state index contributed by atoms with van der Waals surface area (Å²) in [5, 5.41) is 0. The van der Waals surface area contributed by atoms with E-state index in [0.29, 0.717) is 0 Å². The van der Waals surface area contributed by atoms with Crippen LogP contribution in [0.1, 0.15) is 12.5 Å². The fraction of sp³-hybridized carbons (Fsp3) is 0.250. The highest BCUT2D eigenvalue weighted by Gasteiger charge is 2.14. The Morgan fingerprint density at radius 1 is 0.923 bits per heavy atom. The monoisotopic (exact) mass is 430 g/mol. The van der Waals surface area contributed by atoms with Crippen LogP contribution in [0.3, 0.4) is 0 Å². The molecule has 1 aromatic rings. The molecular weight excluding hydrogens is 427 g/mol. The highest BCUT2D eigenvalue weighted by atomic mass is 79.9. The molecule has 1 rings (SSSR count). The Morgan fingerprint density at radius 2 is 1.38 bits per heavy atom. The van der Waals surface area contributed by atoms with E-state index in [1.54, 1.807) is 0 Å². The van der Waals surface area contributed by atoms with Crippen LogP contribution in [0.15, 0.2) is 17.9 Å². The van der Waals surface area contributed by atoms with E-state index in [-0.39, 0.29) is 0 Å². The van der Waals surface area contributed by atoms with Gasteiger partial charge in [0.25, 0.3) is 0 Å². The fourth-order valence-electron chi connectivity index (χ4n) is 1.21. The zero-order chi connectivity index (χ0) is 10.2. The van der Waals surface area contributed by atoms with Crippen LogP contribution in [0.2, 0.25) is 0 Å². The normalized spacial score (nSPS) is 10.5. The van der Waals surface area contributed by atoms with Crippen LogP contribution in [-0.2, 0) is 6.42 Å². The molecule has 0 aliphatic heterocycles. The second kappa shape index (κ2) is 4.82. The van der Waals surface area contributed by atoms with Crippen LogP contribution < -0.4 is 5.46 Å². The molecule has 0 aliphatic rings. The van der Waals surface area contributed by atoms with E-state index in [1.807, 2.05) is 0 Å². The van der Waals surface area contributed by atoms with Gasteiger partial charge in [0.05, 0.1) is 0 Å². The lowest BCUT2D eigenvalue weighted by Gasteiger charge is -2.13. The predicted octanol–water partition coefficient (Wildman–Crippen LogP) is 3.56. The molecule has 0 bridgehead atoms. The highest BCUT2D eigenvalue weighted by molar-refractivity contribution is 9.15. The van der Waals surface area contributed by atoms with Crippen molar-refractivity contribution in [3.05, 3.63) is 23.5 Å². The molecule has 0 atom stereocenters. The van der Waals surface area contributed by atoms with Gasteiger partial charge in [-0.2, -0.15) is 0 Å². The van der Waals surface area contributed by atoms with Crippen LogP contribution in [-0.4, -0.2) is 7.85 Å². The first kappa shape index (κ1) is 12.3. The second-order valence-corrected chi connectivity index (χ2v) is 5.89. The van der Waals surface area contributed by atoms with Gasteiger partial charge in [-0.1, -0.05) is 28.3 Å². The van der Waals surface area contributed by atoms with E-state index in [0.717, 1.165) is 24.3 Å². The number of benzene rings is 1. The molecule has 13 heavy (non-hydrogen) atoms. The third-order valence-electron chi connectivity index (χ3n) is 1.98. The Kier molecular flexibility index (Phi) is 4.55. The van der Waals surface area contributed by atoms with E-state index >= 15 is 0 Å². The van der Waals surface area contributed by atoms with Crippen molar-refractivity contribution in [1.82, 2.24) is 0 Å². The molecule has 70 valence electrons. The van der Waals surface area contributed by atoms with Crippen LogP contribution in [0, 0.1) is 0 Å². The summed E-state index contributed by atoms with van der Waals surface area (Å²) in [6.45, 7) is 2.15. The average molecular weight is 434 g/mol. The smallest absolute Gasteiger partial charge is 0.0696 e. The molecule has 0 spiro atoms. The average Bonchev–Trinajstić information content (AvgIpc) is 2.13. The Bertz CT molecular complexity index is 319. The molecule has 5 heteroatoms. The van der Waals surface area contributed by atoms with Crippen molar-refractivity contribution in [2.45, 2.75) is 13.3 Å². The molecule has 0 heterocycles. The minimum atomic E-state index is 1.02. The van der Waals surface area contributed by atoms with E-state index in [9.17, 15) is 0 Å². The topological polar surface area (TPSA) is 0 Å². The van der Waals surface area contributed by atoms with Gasteiger partial charge in [0.2, 0.25) is 0 Å². The molecule has 0 amide bonds. The quantitative estimate of drug-likeness (QED) is 0.361. The lowest BCUT2D eigenvalue weighted by atomic mass is 9.89. The van der Waals surface area contributed by atoms with Gasteiger partial charge in [-0.05, 0) is 59.8 Å². The Labute approximate surface area is 113 Å². The maximum atomic E-state index is 3.58. The predicted molar refractivity (Wildman–Crippen MR) is 74.8 cm³/mol. The summed E-state index contributed by atoms with van der Waals surface area (Å²) in [6.07, 6.45) is 1.02. The van der Waals surface area contributed by atoms with Crippen LogP contribution in [0.4, 0.5) is 0 Å². The van der Waals surface area contributed by atoms with E-state index in [4.69, 9.17) is 0 Å². The van der Waals surface area contributed by atoms with Crippen molar-refractivity contribution in [2.24, 2.45) is 0 Å². The molecule has 0 N–H and O–H groups in total. The van der Waals surface area contributed by atoms with Gasteiger partial charge >= 0.3 is 0 Å². The minimum absolute atomic E-state index is 1.02. The van der Waals surface area contributed by atoms with Crippen molar-refractivity contribution in [3.8, 4) is 0 Å². The number of halogens is 4. The van der Waals surface area contributed by atoms with Crippen molar-refractivity contribution in [2.75, 3.05) is 0 Å². The van der Waals surface area contributed by atoms with Crippen molar-refractivity contribution in [3.63, 3.8) is 0 Å². The molecule has 0 radical (unpaired) electrons. The Balaban J connectivity index is 3.56. The first-order valence-electron chi connectivity index (χ1n) is 3.82. The molecule has 0 fully saturated rings. The van der Waals surface area contributed by atoms with Gasteiger partial charge in [0.15, 0.2) is 0 Å². The zero-order valence-electron chi connectivity index (χ0n) is 7.22. The van der Waals surface area contributed by atoms with E-state index < -0.39 is 0 Å². The number of rotatable bonds is 1. The van der Waals surface area contributed by atoms with Gasteiger partial charge < -0.3 is 0 Å². The molecular formula is C8H7BBr4. The first-order valence-corrected chi connectivity index (χ1v) is 6.99. The third kappa shape index (κ3) is 2.24. The lowest BCUT2D eigenvalue weighted by molar-refractivity contribution is 1.13. The maximum Gasteiger partial charge on any atom is 0.141 e. The SMILES string of the molecule is Bc1c(Br)c(Br)c(Br)c(Br)c1CC. The molecule has 0 unspecified atom stereocenters. The minimum Gasteiger partial charge on any atom is -0.0696 e. The number of hydrogen-bond donors (Lipinski definition) is 0. The standard InChI is InChI=1S/C8H7BBr4/c1-2-3-4(9)6(11)8(13)7(12)5(3)10/h2,9H2,1H3. The third-order valence-corrected chi connectivity index (χ3v) is 7.03. The summed E-state index contributed by atoms with van der Waals surface area (Å²) in [6, 6.07) is 0. The Hall–Kier alpha value is 1.20. The lowest BCUT2D eigenvalue weighted by Crippen LogP contribution is -2.13. The highest BCUT2D eigenvalue weighted by Crippen LogP contribution is 2.37. The second-order valence-electron chi connectivity index (χ2n) is 2.71. The maximum absolute atomic E-state index is 3.58. The summed E-state index contributed by atoms with van der Waals surface area (Å²) in [4.78, 5) is 0. The first-order chi connectivity index (χ1) is 6.00. The van der Waals surface area contributed by atoms with Crippen molar-refractivity contribution >= 4 is 77.0 Å². The Morgan fingerprint density at radius 3 is 1.85 bits per heavy atom. The van der Waals surface area contributed by atoms with Crippen molar-refractivity contribution < 1.29 is 0 Å². The molecule has 0 aromatic heterocycles. The van der Waals surface area contributed by atoms with Gasteiger partial charge in [0, 0.05) is 17.9 Å². The summed E-state index contributed by atoms with van der Waals surface area (Å²) in [7, 11) is 2.12.